The molecule has 3 heterocycles. The van der Waals surface area contributed by atoms with Crippen molar-refractivity contribution in [3.05, 3.63) is 83.0 Å². The molecule has 0 aliphatic heterocycles. The van der Waals surface area contributed by atoms with Gasteiger partial charge in [0.05, 0.1) is 5.69 Å². The number of fused-ring (bicyclic) bond motifs is 1. The van der Waals surface area contributed by atoms with Gasteiger partial charge < -0.3 is 9.14 Å². The molecule has 0 aliphatic carbocycles. The lowest BCUT2D eigenvalue weighted by atomic mass is 10.1. The molecule has 1 aromatic carbocycles. The first-order chi connectivity index (χ1) is 15.0. The summed E-state index contributed by atoms with van der Waals surface area (Å²) in [6.45, 7) is 10.4. The van der Waals surface area contributed by atoms with Crippen LogP contribution < -0.4 is 4.74 Å². The van der Waals surface area contributed by atoms with E-state index in [1.807, 2.05) is 78.5 Å². The van der Waals surface area contributed by atoms with Crippen LogP contribution in [0.2, 0.25) is 5.02 Å². The van der Waals surface area contributed by atoms with Crippen molar-refractivity contribution in [3.8, 4) is 5.75 Å². The molecule has 3 aromatic heterocycles. The molecule has 0 fully saturated rings. The summed E-state index contributed by atoms with van der Waals surface area (Å²) in [6, 6.07) is 9.85. The first-order valence-corrected chi connectivity index (χ1v) is 11.4. The van der Waals surface area contributed by atoms with E-state index in [2.05, 4.69) is 21.8 Å². The van der Waals surface area contributed by atoms with Gasteiger partial charge in [-0.2, -0.15) is 0 Å². The molecule has 1 atom stereocenters. The molecule has 0 N–H and O–H groups in total. The quantitative estimate of drug-likeness (QED) is 0.249. The minimum absolute atomic E-state index is 0.281. The van der Waals surface area contributed by atoms with Gasteiger partial charge >= 0.3 is 0 Å². The van der Waals surface area contributed by atoms with E-state index in [9.17, 15) is 0 Å². The fourth-order valence-electron chi connectivity index (χ4n) is 3.43. The van der Waals surface area contributed by atoms with E-state index >= 15 is 0 Å². The van der Waals surface area contributed by atoms with Gasteiger partial charge in [-0.1, -0.05) is 35.5 Å². The maximum absolute atomic E-state index is 6.28. The van der Waals surface area contributed by atoms with Gasteiger partial charge in [0.15, 0.2) is 17.1 Å². The smallest absolute Gasteiger partial charge is 0.192 e. The molecule has 0 amide bonds. The van der Waals surface area contributed by atoms with Crippen LogP contribution in [0.1, 0.15) is 35.7 Å². The number of thioether (sulfide) groups is 1. The van der Waals surface area contributed by atoms with Gasteiger partial charge in [0, 0.05) is 29.7 Å². The Hall–Kier alpha value is -2.77. The highest BCUT2D eigenvalue weighted by atomic mass is 35.5. The van der Waals surface area contributed by atoms with Crippen molar-refractivity contribution in [1.29, 1.82) is 0 Å². The molecule has 0 spiro atoms. The van der Waals surface area contributed by atoms with Crippen molar-refractivity contribution in [3.63, 3.8) is 0 Å². The molecule has 0 saturated heterocycles. The normalized spacial score (nSPS) is 12.3. The first kappa shape index (κ1) is 21.5. The maximum atomic E-state index is 6.28. The molecule has 0 bridgehead atoms. The highest BCUT2D eigenvalue weighted by Gasteiger charge is 2.20. The lowest BCUT2D eigenvalue weighted by Crippen LogP contribution is -2.12. The number of hydrogen-bond donors (Lipinski definition) is 0. The van der Waals surface area contributed by atoms with Gasteiger partial charge in [-0.3, -0.25) is 4.57 Å². The average Bonchev–Trinajstić information content (AvgIpc) is 3.34. The largest absolute Gasteiger partial charge is 0.483 e. The fourth-order valence-corrected chi connectivity index (χ4v) is 4.38. The molecule has 4 rings (SSSR count). The van der Waals surface area contributed by atoms with Crippen LogP contribution in [0.3, 0.4) is 0 Å². The zero-order valence-electron chi connectivity index (χ0n) is 17.7. The average molecular weight is 454 g/mol. The van der Waals surface area contributed by atoms with Gasteiger partial charge in [0.1, 0.15) is 11.4 Å². The van der Waals surface area contributed by atoms with Crippen LogP contribution >= 0.6 is 23.4 Å². The third-order valence-corrected chi connectivity index (χ3v) is 6.50. The Bertz CT molecular complexity index is 1180. The molecule has 6 nitrogen and oxygen atoms in total. The Morgan fingerprint density at radius 3 is 2.71 bits per heavy atom. The van der Waals surface area contributed by atoms with Gasteiger partial charge in [0.2, 0.25) is 0 Å². The van der Waals surface area contributed by atoms with Gasteiger partial charge in [-0.15, -0.1) is 16.8 Å². The van der Waals surface area contributed by atoms with Crippen LogP contribution in [0.15, 0.2) is 60.5 Å². The van der Waals surface area contributed by atoms with Crippen molar-refractivity contribution >= 4 is 29.0 Å². The summed E-state index contributed by atoms with van der Waals surface area (Å²) < 4.78 is 10.2. The number of imidazole rings is 1. The van der Waals surface area contributed by atoms with Crippen molar-refractivity contribution < 1.29 is 4.74 Å². The number of aromatic nitrogens is 5. The van der Waals surface area contributed by atoms with E-state index in [1.165, 1.54) is 0 Å². The first-order valence-electron chi connectivity index (χ1n) is 9.99. The van der Waals surface area contributed by atoms with E-state index in [0.29, 0.717) is 12.3 Å². The number of allylic oxidation sites excluding steroid dienone is 1. The van der Waals surface area contributed by atoms with Crippen molar-refractivity contribution in [1.82, 2.24) is 24.1 Å². The zero-order valence-corrected chi connectivity index (χ0v) is 19.3. The molecule has 0 radical (unpaired) electrons. The number of hydrogen-bond acceptors (Lipinski definition) is 5. The third kappa shape index (κ3) is 4.62. The number of ether oxygens (including phenoxy) is 1. The van der Waals surface area contributed by atoms with Crippen molar-refractivity contribution in [2.45, 2.75) is 44.3 Å². The summed E-state index contributed by atoms with van der Waals surface area (Å²) in [4.78, 5) is 4.65. The Morgan fingerprint density at radius 2 is 2.00 bits per heavy atom. The minimum Gasteiger partial charge on any atom is -0.483 e. The molecule has 1 unspecified atom stereocenters. The monoisotopic (exact) mass is 453 g/mol. The van der Waals surface area contributed by atoms with E-state index in [-0.39, 0.29) is 6.10 Å². The lowest BCUT2D eigenvalue weighted by Gasteiger charge is -2.17. The topological polar surface area (TPSA) is 57.2 Å². The molecule has 0 aliphatic rings. The second kappa shape index (κ2) is 9.16. The summed E-state index contributed by atoms with van der Waals surface area (Å²) in [6.07, 6.45) is 5.59. The van der Waals surface area contributed by atoms with Crippen LogP contribution in [0.25, 0.3) is 5.65 Å². The minimum atomic E-state index is -0.281. The highest BCUT2D eigenvalue weighted by molar-refractivity contribution is 7.98. The molecule has 31 heavy (non-hydrogen) atoms. The zero-order chi connectivity index (χ0) is 22.0. The lowest BCUT2D eigenvalue weighted by molar-refractivity contribution is 0.210. The predicted octanol–water partition coefficient (Wildman–Crippen LogP) is 5.81. The van der Waals surface area contributed by atoms with Crippen molar-refractivity contribution in [2.75, 3.05) is 0 Å². The van der Waals surface area contributed by atoms with Crippen LogP contribution in [0, 0.1) is 13.8 Å². The maximum Gasteiger partial charge on any atom is 0.192 e. The number of nitrogens with zero attached hydrogens (tertiary/aromatic N) is 5. The second-order valence-electron chi connectivity index (χ2n) is 7.36. The van der Waals surface area contributed by atoms with Crippen LogP contribution in [0.4, 0.5) is 0 Å². The summed E-state index contributed by atoms with van der Waals surface area (Å²) >= 11 is 7.88. The van der Waals surface area contributed by atoms with Gasteiger partial charge in [-0.25, -0.2) is 4.98 Å². The fraction of sp³-hybridized carbons (Fsp3) is 0.261. The standard InChI is InChI=1S/C23H24ClN5OS/c1-5-9-29-22(17(4)30-19-11-15(2)21(24)16(3)12-19)26-27-23(29)31-14-18-13-28-10-7-6-8-20(28)25-18/h5-8,10-13,17H,1,9,14H2,2-4H3. The van der Waals surface area contributed by atoms with Gasteiger partial charge in [0.25, 0.3) is 0 Å². The molecule has 0 saturated carbocycles. The number of pyridine rings is 1. The number of benzene rings is 1. The predicted molar refractivity (Wildman–Crippen MR) is 125 cm³/mol. The Kier molecular flexibility index (Phi) is 6.34. The Morgan fingerprint density at radius 1 is 1.23 bits per heavy atom. The summed E-state index contributed by atoms with van der Waals surface area (Å²) in [5.74, 6) is 2.21. The van der Waals surface area contributed by atoms with Crippen LogP contribution in [-0.2, 0) is 12.3 Å². The molecular weight excluding hydrogens is 430 g/mol. The molecule has 4 aromatic rings. The van der Waals surface area contributed by atoms with Gasteiger partial charge in [-0.05, 0) is 56.2 Å². The highest BCUT2D eigenvalue weighted by Crippen LogP contribution is 2.30. The van der Waals surface area contributed by atoms with E-state index in [0.717, 1.165) is 44.2 Å². The van der Waals surface area contributed by atoms with Crippen molar-refractivity contribution in [2.24, 2.45) is 0 Å². The van der Waals surface area contributed by atoms with E-state index in [4.69, 9.17) is 16.3 Å². The summed E-state index contributed by atoms with van der Waals surface area (Å²) in [5.41, 5.74) is 3.89. The van der Waals surface area contributed by atoms with Crippen LogP contribution in [0.5, 0.6) is 5.75 Å². The third-order valence-electron chi connectivity index (χ3n) is 4.91. The number of halogens is 1. The second-order valence-corrected chi connectivity index (χ2v) is 8.68. The summed E-state index contributed by atoms with van der Waals surface area (Å²) in [5, 5.41) is 10.4. The Labute approximate surface area is 190 Å². The van der Waals surface area contributed by atoms with E-state index < -0.39 is 0 Å². The van der Waals surface area contributed by atoms with Crippen LogP contribution in [-0.4, -0.2) is 24.1 Å². The molecular formula is C23H24ClN5OS. The molecule has 160 valence electrons. The number of rotatable bonds is 8. The van der Waals surface area contributed by atoms with E-state index in [1.54, 1.807) is 11.8 Å². The SMILES string of the molecule is C=CCn1c(SCc2cn3ccccc3n2)nnc1C(C)Oc1cc(C)c(Cl)c(C)c1. The number of aryl methyl sites for hydroxylation is 2. The molecule has 8 heteroatoms. The summed E-state index contributed by atoms with van der Waals surface area (Å²) in [7, 11) is 0. The Balaban J connectivity index is 1.52.